The van der Waals surface area contributed by atoms with Crippen LogP contribution in [0, 0.1) is 5.92 Å². The second-order valence-electron chi connectivity index (χ2n) is 4.27. The second kappa shape index (κ2) is 8.10. The first-order chi connectivity index (χ1) is 7.43. The molecule has 0 aromatic rings. The lowest BCUT2D eigenvalue weighted by atomic mass is 10.1. The number of carbonyl (C=O) groups is 2. The Morgan fingerprint density at radius 2 is 1.88 bits per heavy atom. The van der Waals surface area contributed by atoms with Crippen molar-refractivity contribution in [1.29, 1.82) is 0 Å². The zero-order valence-electron chi connectivity index (χ0n) is 10.2. The van der Waals surface area contributed by atoms with E-state index in [0.29, 0.717) is 25.9 Å². The zero-order chi connectivity index (χ0) is 12.6. The first-order valence-electron chi connectivity index (χ1n) is 5.66. The molecule has 3 N–H and O–H groups in total. The average molecular weight is 230 g/mol. The van der Waals surface area contributed by atoms with Gasteiger partial charge in [-0.1, -0.05) is 20.8 Å². The molecule has 5 heteroatoms. The Kier molecular flexibility index (Phi) is 7.54. The van der Waals surface area contributed by atoms with E-state index in [2.05, 4.69) is 10.6 Å². The molecule has 0 aliphatic heterocycles. The summed E-state index contributed by atoms with van der Waals surface area (Å²) >= 11 is 0. The van der Waals surface area contributed by atoms with Gasteiger partial charge in [-0.2, -0.15) is 0 Å². The predicted molar refractivity (Wildman–Crippen MR) is 62.2 cm³/mol. The molecule has 1 atom stereocenters. The van der Waals surface area contributed by atoms with Crippen molar-refractivity contribution in [2.45, 2.75) is 39.7 Å². The van der Waals surface area contributed by atoms with Gasteiger partial charge < -0.3 is 15.7 Å². The van der Waals surface area contributed by atoms with E-state index in [-0.39, 0.29) is 17.9 Å². The predicted octanol–water partition coefficient (Wildman–Crippen LogP) is 0.601. The summed E-state index contributed by atoms with van der Waals surface area (Å²) in [5.41, 5.74) is 0. The molecule has 1 amide bonds. The number of carbonyl (C=O) groups excluding carboxylic acids is 1. The van der Waals surface area contributed by atoms with Gasteiger partial charge in [-0.3, -0.25) is 9.59 Å². The molecule has 0 radical (unpaired) electrons. The lowest BCUT2D eigenvalue weighted by Crippen LogP contribution is -2.37. The molecular formula is C11H22N2O3. The van der Waals surface area contributed by atoms with Crippen molar-refractivity contribution < 1.29 is 14.7 Å². The van der Waals surface area contributed by atoms with Crippen LogP contribution in [0.2, 0.25) is 0 Å². The molecule has 0 spiro atoms. The van der Waals surface area contributed by atoms with E-state index in [4.69, 9.17) is 5.11 Å². The standard InChI is InChI=1S/C11H22N2O3/c1-8(2)13-7-10(14)12-6-4-5-9(3)11(15)16/h8-9,13H,4-7H2,1-3H3,(H,12,14)(H,15,16). The fourth-order valence-electron chi connectivity index (χ4n) is 1.12. The number of aliphatic carboxylic acids is 1. The molecule has 0 aliphatic rings. The zero-order valence-corrected chi connectivity index (χ0v) is 10.2. The van der Waals surface area contributed by atoms with Gasteiger partial charge in [0.15, 0.2) is 0 Å². The number of carboxylic acid groups (broad SMARTS) is 1. The van der Waals surface area contributed by atoms with Crippen LogP contribution < -0.4 is 10.6 Å². The third kappa shape index (κ3) is 8.23. The normalized spacial score (nSPS) is 12.5. The van der Waals surface area contributed by atoms with Gasteiger partial charge in [0.25, 0.3) is 0 Å². The molecule has 1 unspecified atom stereocenters. The summed E-state index contributed by atoms with van der Waals surface area (Å²) in [7, 11) is 0. The summed E-state index contributed by atoms with van der Waals surface area (Å²) in [4.78, 5) is 21.7. The van der Waals surface area contributed by atoms with E-state index in [1.165, 1.54) is 0 Å². The fourth-order valence-corrected chi connectivity index (χ4v) is 1.12. The molecular weight excluding hydrogens is 208 g/mol. The maximum Gasteiger partial charge on any atom is 0.306 e. The summed E-state index contributed by atoms with van der Waals surface area (Å²) in [5.74, 6) is -1.17. The van der Waals surface area contributed by atoms with Crippen LogP contribution in [0.25, 0.3) is 0 Å². The number of carboxylic acids is 1. The SMILES string of the molecule is CC(C)NCC(=O)NCCCC(C)C(=O)O. The molecule has 0 aromatic heterocycles. The summed E-state index contributed by atoms with van der Waals surface area (Å²) in [6.45, 7) is 6.47. The third-order valence-corrected chi connectivity index (χ3v) is 2.23. The summed E-state index contributed by atoms with van der Waals surface area (Å²) < 4.78 is 0. The average Bonchev–Trinajstić information content (AvgIpc) is 2.20. The number of nitrogens with one attached hydrogen (secondary N) is 2. The molecule has 0 bridgehead atoms. The van der Waals surface area contributed by atoms with Crippen LogP contribution in [0.1, 0.15) is 33.6 Å². The van der Waals surface area contributed by atoms with E-state index >= 15 is 0 Å². The number of rotatable bonds is 8. The molecule has 0 heterocycles. The van der Waals surface area contributed by atoms with Gasteiger partial charge in [-0.15, -0.1) is 0 Å². The number of amides is 1. The summed E-state index contributed by atoms with van der Waals surface area (Å²) in [6.07, 6.45) is 1.29. The maximum atomic E-state index is 11.2. The fraction of sp³-hybridized carbons (Fsp3) is 0.818. The van der Waals surface area contributed by atoms with Gasteiger partial charge >= 0.3 is 5.97 Å². The molecule has 16 heavy (non-hydrogen) atoms. The minimum absolute atomic E-state index is 0.0447. The van der Waals surface area contributed by atoms with Crippen LogP contribution >= 0.6 is 0 Å². The highest BCUT2D eigenvalue weighted by molar-refractivity contribution is 5.77. The summed E-state index contributed by atoms with van der Waals surface area (Å²) in [5, 5.41) is 14.4. The van der Waals surface area contributed by atoms with Gasteiger partial charge in [0.05, 0.1) is 12.5 Å². The molecule has 5 nitrogen and oxygen atoms in total. The van der Waals surface area contributed by atoms with Crippen molar-refractivity contribution in [1.82, 2.24) is 10.6 Å². The van der Waals surface area contributed by atoms with E-state index in [0.717, 1.165) is 0 Å². The van der Waals surface area contributed by atoms with Gasteiger partial charge in [0.1, 0.15) is 0 Å². The second-order valence-corrected chi connectivity index (χ2v) is 4.27. The van der Waals surface area contributed by atoms with Crippen LogP contribution in [-0.2, 0) is 9.59 Å². The Morgan fingerprint density at radius 3 is 2.38 bits per heavy atom. The first kappa shape index (κ1) is 14.9. The Labute approximate surface area is 96.6 Å². The van der Waals surface area contributed by atoms with Gasteiger partial charge in [-0.05, 0) is 12.8 Å². The summed E-state index contributed by atoms with van der Waals surface area (Å²) in [6, 6.07) is 0.290. The Hall–Kier alpha value is -1.10. The number of hydrogen-bond acceptors (Lipinski definition) is 3. The Balaban J connectivity index is 3.44. The first-order valence-corrected chi connectivity index (χ1v) is 5.66. The molecule has 0 saturated heterocycles. The lowest BCUT2D eigenvalue weighted by Gasteiger charge is -2.09. The third-order valence-electron chi connectivity index (χ3n) is 2.23. The van der Waals surface area contributed by atoms with Crippen LogP contribution in [0.5, 0.6) is 0 Å². The smallest absolute Gasteiger partial charge is 0.306 e. The Morgan fingerprint density at radius 1 is 1.25 bits per heavy atom. The van der Waals surface area contributed by atoms with Crippen molar-refractivity contribution in [3.05, 3.63) is 0 Å². The molecule has 0 saturated carbocycles. The van der Waals surface area contributed by atoms with Gasteiger partial charge in [-0.25, -0.2) is 0 Å². The van der Waals surface area contributed by atoms with Gasteiger partial charge in [0, 0.05) is 12.6 Å². The van der Waals surface area contributed by atoms with E-state index < -0.39 is 5.97 Å². The topological polar surface area (TPSA) is 78.4 Å². The quantitative estimate of drug-likeness (QED) is 0.534. The number of hydrogen-bond donors (Lipinski definition) is 3. The lowest BCUT2D eigenvalue weighted by molar-refractivity contribution is -0.141. The minimum Gasteiger partial charge on any atom is -0.481 e. The minimum atomic E-state index is -0.784. The van der Waals surface area contributed by atoms with Crippen LogP contribution in [-0.4, -0.2) is 36.1 Å². The van der Waals surface area contributed by atoms with Crippen molar-refractivity contribution in [3.63, 3.8) is 0 Å². The molecule has 0 aliphatic carbocycles. The van der Waals surface area contributed by atoms with Crippen molar-refractivity contribution in [2.75, 3.05) is 13.1 Å². The molecule has 94 valence electrons. The van der Waals surface area contributed by atoms with Gasteiger partial charge in [0.2, 0.25) is 5.91 Å². The highest BCUT2D eigenvalue weighted by Gasteiger charge is 2.09. The highest BCUT2D eigenvalue weighted by atomic mass is 16.4. The van der Waals surface area contributed by atoms with Crippen molar-refractivity contribution >= 4 is 11.9 Å². The van der Waals surface area contributed by atoms with Crippen LogP contribution in [0.4, 0.5) is 0 Å². The van der Waals surface area contributed by atoms with Crippen LogP contribution in [0.15, 0.2) is 0 Å². The Bertz CT molecular complexity index is 229. The van der Waals surface area contributed by atoms with Crippen molar-refractivity contribution in [2.24, 2.45) is 5.92 Å². The molecule has 0 rings (SSSR count). The maximum absolute atomic E-state index is 11.2. The molecule has 0 aromatic carbocycles. The van der Waals surface area contributed by atoms with Crippen molar-refractivity contribution in [3.8, 4) is 0 Å². The molecule has 0 fully saturated rings. The monoisotopic (exact) mass is 230 g/mol. The van der Waals surface area contributed by atoms with E-state index in [1.54, 1.807) is 6.92 Å². The van der Waals surface area contributed by atoms with Crippen LogP contribution in [0.3, 0.4) is 0 Å². The van der Waals surface area contributed by atoms with E-state index in [9.17, 15) is 9.59 Å². The van der Waals surface area contributed by atoms with E-state index in [1.807, 2.05) is 13.8 Å². The largest absolute Gasteiger partial charge is 0.481 e. The highest BCUT2D eigenvalue weighted by Crippen LogP contribution is 2.03.